The van der Waals surface area contributed by atoms with Crippen LogP contribution < -0.4 is 10.9 Å². The largest absolute Gasteiger partial charge is 0.394 e. The Morgan fingerprint density at radius 1 is 1.53 bits per heavy atom. The average Bonchev–Trinajstić information content (AvgIpc) is 2.84. The molecule has 6 heteroatoms. The Morgan fingerprint density at radius 3 is 2.68 bits per heavy atom. The van der Waals surface area contributed by atoms with Crippen LogP contribution in [0.3, 0.4) is 0 Å². The van der Waals surface area contributed by atoms with Crippen LogP contribution in [0, 0.1) is 0 Å². The lowest BCUT2D eigenvalue weighted by Gasteiger charge is -2.29. The monoisotopic (exact) mass is 329 g/mol. The van der Waals surface area contributed by atoms with E-state index < -0.39 is 0 Å². The van der Waals surface area contributed by atoms with Crippen molar-refractivity contribution in [1.29, 1.82) is 0 Å². The number of rotatable bonds is 4. The summed E-state index contributed by atoms with van der Waals surface area (Å²) in [4.78, 5) is 12.1. The maximum Gasteiger partial charge on any atom is 0.283 e. The number of aliphatic hydroxyl groups excluding tert-OH is 1. The van der Waals surface area contributed by atoms with E-state index in [-0.39, 0.29) is 23.7 Å². The molecular weight excluding hydrogens is 310 g/mol. The van der Waals surface area contributed by atoms with Gasteiger partial charge in [0, 0.05) is 0 Å². The van der Waals surface area contributed by atoms with Gasteiger partial charge in [0.05, 0.1) is 30.1 Å². The summed E-state index contributed by atoms with van der Waals surface area (Å²) in [5.41, 5.74) is 0.213. The van der Waals surface area contributed by atoms with Gasteiger partial charge in [0.2, 0.25) is 0 Å². The van der Waals surface area contributed by atoms with Crippen LogP contribution in [-0.4, -0.2) is 27.0 Å². The maximum absolute atomic E-state index is 12.1. The van der Waals surface area contributed by atoms with E-state index in [4.69, 9.17) is 0 Å². The minimum atomic E-state index is -0.305. The summed E-state index contributed by atoms with van der Waals surface area (Å²) in [6.07, 6.45) is 5.69. The van der Waals surface area contributed by atoms with Gasteiger partial charge in [-0.25, -0.2) is 4.68 Å². The van der Waals surface area contributed by atoms with Crippen LogP contribution >= 0.6 is 15.9 Å². The van der Waals surface area contributed by atoms with Crippen LogP contribution in [0.5, 0.6) is 0 Å². The van der Waals surface area contributed by atoms with Gasteiger partial charge in [-0.15, -0.1) is 0 Å². The third kappa shape index (κ3) is 2.84. The molecule has 1 aliphatic carbocycles. The van der Waals surface area contributed by atoms with Crippen LogP contribution in [-0.2, 0) is 0 Å². The molecule has 1 fully saturated rings. The Kier molecular flexibility index (Phi) is 4.30. The minimum absolute atomic E-state index is 0.0242. The third-order valence-corrected chi connectivity index (χ3v) is 4.46. The number of halogens is 1. The lowest BCUT2D eigenvalue weighted by Crippen LogP contribution is -2.40. The normalized spacial score (nSPS) is 17.9. The van der Waals surface area contributed by atoms with Crippen molar-refractivity contribution in [3.63, 3.8) is 0 Å². The number of aromatic nitrogens is 2. The quantitative estimate of drug-likeness (QED) is 0.889. The Balaban J connectivity index is 2.31. The second-order valence-corrected chi connectivity index (χ2v) is 6.28. The number of anilines is 1. The van der Waals surface area contributed by atoms with Crippen molar-refractivity contribution in [1.82, 2.24) is 9.78 Å². The van der Waals surface area contributed by atoms with Gasteiger partial charge in [0.25, 0.3) is 5.56 Å². The fourth-order valence-corrected chi connectivity index (χ4v) is 2.94. The zero-order chi connectivity index (χ0) is 14.0. The molecule has 1 saturated carbocycles. The van der Waals surface area contributed by atoms with E-state index in [1.54, 1.807) is 6.20 Å². The average molecular weight is 330 g/mol. The zero-order valence-electron chi connectivity index (χ0n) is 11.3. The van der Waals surface area contributed by atoms with Crippen LogP contribution in [0.4, 0.5) is 5.69 Å². The molecule has 0 spiro atoms. The first kappa shape index (κ1) is 14.5. The summed E-state index contributed by atoms with van der Waals surface area (Å²) in [6.45, 7) is 3.91. The smallest absolute Gasteiger partial charge is 0.283 e. The second kappa shape index (κ2) is 5.63. The molecule has 0 atom stereocenters. The molecule has 2 rings (SSSR count). The van der Waals surface area contributed by atoms with E-state index in [2.05, 4.69) is 26.3 Å². The van der Waals surface area contributed by atoms with Crippen LogP contribution in [0.25, 0.3) is 0 Å². The van der Waals surface area contributed by atoms with Gasteiger partial charge < -0.3 is 10.4 Å². The first-order chi connectivity index (χ1) is 8.99. The molecule has 1 aliphatic rings. The maximum atomic E-state index is 12.1. The van der Waals surface area contributed by atoms with Crippen molar-refractivity contribution in [3.05, 3.63) is 21.0 Å². The van der Waals surface area contributed by atoms with E-state index in [0.717, 1.165) is 25.7 Å². The third-order valence-electron chi connectivity index (χ3n) is 3.70. The highest BCUT2D eigenvalue weighted by Gasteiger charge is 2.33. The minimum Gasteiger partial charge on any atom is -0.394 e. The summed E-state index contributed by atoms with van der Waals surface area (Å²) in [5.74, 6) is 0. The van der Waals surface area contributed by atoms with E-state index in [1.807, 2.05) is 13.8 Å². The highest BCUT2D eigenvalue weighted by Crippen LogP contribution is 2.34. The van der Waals surface area contributed by atoms with E-state index in [9.17, 15) is 9.90 Å². The standard InChI is InChI=1S/C13H20BrN3O2/c1-9(2)17-12(19)11(14)10(7-15-17)16-13(8-18)5-3-4-6-13/h7,9,16,18H,3-6,8H2,1-2H3. The zero-order valence-corrected chi connectivity index (χ0v) is 12.9. The lowest BCUT2D eigenvalue weighted by atomic mass is 9.99. The van der Waals surface area contributed by atoms with Gasteiger partial charge in [-0.05, 0) is 42.6 Å². The van der Waals surface area contributed by atoms with Crippen LogP contribution in [0.2, 0.25) is 0 Å². The van der Waals surface area contributed by atoms with E-state index >= 15 is 0 Å². The van der Waals surface area contributed by atoms with Crippen LogP contribution in [0.1, 0.15) is 45.6 Å². The Morgan fingerprint density at radius 2 is 2.16 bits per heavy atom. The molecule has 1 heterocycles. The predicted molar refractivity (Wildman–Crippen MR) is 78.5 cm³/mol. The second-order valence-electron chi connectivity index (χ2n) is 5.49. The van der Waals surface area contributed by atoms with Crippen molar-refractivity contribution in [3.8, 4) is 0 Å². The molecule has 0 radical (unpaired) electrons. The molecule has 5 nitrogen and oxygen atoms in total. The fraction of sp³-hybridized carbons (Fsp3) is 0.692. The molecule has 0 amide bonds. The Bertz CT molecular complexity index is 507. The number of nitrogens with one attached hydrogen (secondary N) is 1. The molecule has 1 aromatic rings. The first-order valence-electron chi connectivity index (χ1n) is 6.65. The SMILES string of the molecule is CC(C)n1ncc(NC2(CO)CCCC2)c(Br)c1=O. The molecule has 1 aromatic heterocycles. The summed E-state index contributed by atoms with van der Waals surface area (Å²) < 4.78 is 1.92. The van der Waals surface area contributed by atoms with Gasteiger partial charge in [-0.3, -0.25) is 4.79 Å². The molecule has 106 valence electrons. The summed E-state index contributed by atoms with van der Waals surface area (Å²) in [5, 5.41) is 17.1. The number of aliphatic hydroxyl groups is 1. The van der Waals surface area contributed by atoms with Crippen molar-refractivity contribution in [2.24, 2.45) is 0 Å². The van der Waals surface area contributed by atoms with Crippen molar-refractivity contribution in [2.45, 2.75) is 51.1 Å². The molecule has 0 unspecified atom stereocenters. The first-order valence-corrected chi connectivity index (χ1v) is 7.45. The van der Waals surface area contributed by atoms with Gasteiger partial charge >= 0.3 is 0 Å². The Hall–Kier alpha value is -0.880. The van der Waals surface area contributed by atoms with Crippen molar-refractivity contribution in [2.75, 3.05) is 11.9 Å². The van der Waals surface area contributed by atoms with Crippen LogP contribution in [0.15, 0.2) is 15.5 Å². The van der Waals surface area contributed by atoms with Crippen molar-refractivity contribution >= 4 is 21.6 Å². The Labute approximate surface area is 121 Å². The number of nitrogens with zero attached hydrogens (tertiary/aromatic N) is 2. The lowest BCUT2D eigenvalue weighted by molar-refractivity contribution is 0.214. The van der Waals surface area contributed by atoms with Gasteiger partial charge in [0.15, 0.2) is 0 Å². The van der Waals surface area contributed by atoms with E-state index in [0.29, 0.717) is 10.2 Å². The molecule has 0 aromatic carbocycles. The van der Waals surface area contributed by atoms with Gasteiger partial charge in [0.1, 0.15) is 4.47 Å². The number of hydrogen-bond acceptors (Lipinski definition) is 4. The summed E-state index contributed by atoms with van der Waals surface area (Å²) in [7, 11) is 0. The summed E-state index contributed by atoms with van der Waals surface area (Å²) >= 11 is 3.34. The molecule has 0 aliphatic heterocycles. The fourth-order valence-electron chi connectivity index (χ4n) is 2.56. The molecule has 19 heavy (non-hydrogen) atoms. The van der Waals surface area contributed by atoms with E-state index in [1.165, 1.54) is 4.68 Å². The van der Waals surface area contributed by atoms with Crippen molar-refractivity contribution < 1.29 is 5.11 Å². The highest BCUT2D eigenvalue weighted by molar-refractivity contribution is 9.10. The van der Waals surface area contributed by atoms with Gasteiger partial charge in [-0.2, -0.15) is 5.10 Å². The number of hydrogen-bond donors (Lipinski definition) is 2. The molecule has 2 N–H and O–H groups in total. The van der Waals surface area contributed by atoms with Gasteiger partial charge in [-0.1, -0.05) is 12.8 Å². The predicted octanol–water partition coefficient (Wildman–Crippen LogP) is 2.30. The molecule has 0 saturated heterocycles. The highest BCUT2D eigenvalue weighted by atomic mass is 79.9. The topological polar surface area (TPSA) is 67.2 Å². The summed E-state index contributed by atoms with van der Waals surface area (Å²) in [6, 6.07) is 0.0242. The molecular formula is C13H20BrN3O2. The molecule has 0 bridgehead atoms.